The number of halogens is 3. The summed E-state index contributed by atoms with van der Waals surface area (Å²) in [6.45, 7) is 2.17. The lowest BCUT2D eigenvalue weighted by Gasteiger charge is -2.06. The van der Waals surface area contributed by atoms with Crippen molar-refractivity contribution in [3.63, 3.8) is 0 Å². The third-order valence-corrected chi connectivity index (χ3v) is 2.26. The highest BCUT2D eigenvalue weighted by atomic mass is 19.4. The minimum atomic E-state index is -4.37. The molecule has 2 rings (SSSR count). The number of nitrogens with zero attached hydrogens (tertiary/aromatic N) is 1. The number of hydrogen-bond donors (Lipinski definition) is 0. The number of benzene rings is 1. The van der Waals surface area contributed by atoms with Crippen LogP contribution in [0, 0.1) is 0 Å². The van der Waals surface area contributed by atoms with E-state index < -0.39 is 11.7 Å². The molecule has 0 bridgehead atoms. The van der Waals surface area contributed by atoms with Gasteiger partial charge in [0, 0.05) is 5.56 Å². The van der Waals surface area contributed by atoms with Crippen LogP contribution < -0.4 is 4.74 Å². The maximum Gasteiger partial charge on any atom is 0.416 e. The topological polar surface area (TPSA) is 35.3 Å². The second-order valence-corrected chi connectivity index (χ2v) is 3.54. The molecule has 0 spiro atoms. The van der Waals surface area contributed by atoms with Crippen LogP contribution >= 0.6 is 0 Å². The first kappa shape index (κ1) is 12.5. The van der Waals surface area contributed by atoms with E-state index >= 15 is 0 Å². The molecular formula is C12H10F3NO2. The monoisotopic (exact) mass is 257 g/mol. The van der Waals surface area contributed by atoms with Crippen molar-refractivity contribution in [1.29, 1.82) is 0 Å². The molecule has 0 N–H and O–H groups in total. The Morgan fingerprint density at radius 2 is 2.06 bits per heavy atom. The summed E-state index contributed by atoms with van der Waals surface area (Å²) in [4.78, 5) is 0. The van der Waals surface area contributed by atoms with Gasteiger partial charge in [0.05, 0.1) is 18.2 Å². The van der Waals surface area contributed by atoms with E-state index in [9.17, 15) is 13.2 Å². The molecule has 1 heterocycles. The molecule has 0 atom stereocenters. The molecule has 2 aromatic rings. The van der Waals surface area contributed by atoms with Gasteiger partial charge in [0.25, 0.3) is 0 Å². The van der Waals surface area contributed by atoms with Crippen molar-refractivity contribution >= 4 is 0 Å². The zero-order chi connectivity index (χ0) is 13.2. The van der Waals surface area contributed by atoms with Gasteiger partial charge in [0.2, 0.25) is 0 Å². The van der Waals surface area contributed by atoms with E-state index in [0.717, 1.165) is 12.1 Å². The summed E-state index contributed by atoms with van der Waals surface area (Å²) >= 11 is 0. The predicted octanol–water partition coefficient (Wildman–Crippen LogP) is 3.76. The van der Waals surface area contributed by atoms with E-state index in [2.05, 4.69) is 5.16 Å². The predicted molar refractivity (Wildman–Crippen MR) is 58.1 cm³/mol. The molecule has 0 saturated heterocycles. The first-order valence-corrected chi connectivity index (χ1v) is 5.28. The second kappa shape index (κ2) is 4.72. The Balaban J connectivity index is 2.32. The molecule has 18 heavy (non-hydrogen) atoms. The first-order chi connectivity index (χ1) is 8.50. The molecule has 0 fully saturated rings. The SMILES string of the molecule is CCOc1cc(-c2cccc(C(F)(F)F)c2)no1. The number of rotatable bonds is 3. The van der Waals surface area contributed by atoms with Crippen LogP contribution in [0.5, 0.6) is 5.95 Å². The third-order valence-electron chi connectivity index (χ3n) is 2.26. The van der Waals surface area contributed by atoms with Gasteiger partial charge in [0.15, 0.2) is 0 Å². The van der Waals surface area contributed by atoms with Gasteiger partial charge in [-0.15, -0.1) is 0 Å². The van der Waals surface area contributed by atoms with Gasteiger partial charge in [-0.3, -0.25) is 0 Å². The lowest BCUT2D eigenvalue weighted by atomic mass is 10.1. The van der Waals surface area contributed by atoms with E-state index in [0.29, 0.717) is 17.9 Å². The van der Waals surface area contributed by atoms with Gasteiger partial charge >= 0.3 is 12.1 Å². The number of aromatic nitrogens is 1. The van der Waals surface area contributed by atoms with Crippen LogP contribution in [-0.4, -0.2) is 11.8 Å². The average molecular weight is 257 g/mol. The molecule has 0 aliphatic rings. The summed E-state index contributed by atoms with van der Waals surface area (Å²) in [5, 5.41) is 3.66. The van der Waals surface area contributed by atoms with Gasteiger partial charge in [0.1, 0.15) is 5.69 Å². The molecule has 0 saturated carbocycles. The Morgan fingerprint density at radius 3 is 2.72 bits per heavy atom. The maximum absolute atomic E-state index is 12.5. The van der Waals surface area contributed by atoms with Crippen molar-refractivity contribution in [2.45, 2.75) is 13.1 Å². The highest BCUT2D eigenvalue weighted by Gasteiger charge is 2.30. The molecule has 6 heteroatoms. The van der Waals surface area contributed by atoms with Crippen LogP contribution in [0.3, 0.4) is 0 Å². The largest absolute Gasteiger partial charge is 0.464 e. The summed E-state index contributed by atoms with van der Waals surface area (Å²) in [5.74, 6) is 0.185. The third kappa shape index (κ3) is 2.64. The average Bonchev–Trinajstić information content (AvgIpc) is 2.77. The lowest BCUT2D eigenvalue weighted by Crippen LogP contribution is -2.04. The molecular weight excluding hydrogens is 247 g/mol. The van der Waals surface area contributed by atoms with Crippen LogP contribution in [0.2, 0.25) is 0 Å². The van der Waals surface area contributed by atoms with Crippen LogP contribution in [0.25, 0.3) is 11.3 Å². The molecule has 1 aromatic carbocycles. The molecule has 96 valence electrons. The van der Waals surface area contributed by atoms with Crippen LogP contribution in [-0.2, 0) is 6.18 Å². The zero-order valence-electron chi connectivity index (χ0n) is 9.49. The molecule has 3 nitrogen and oxygen atoms in total. The summed E-state index contributed by atoms with van der Waals surface area (Å²) in [6.07, 6.45) is -4.37. The van der Waals surface area contributed by atoms with Crippen molar-refractivity contribution in [3.8, 4) is 17.2 Å². The Morgan fingerprint density at radius 1 is 1.28 bits per heavy atom. The standard InChI is InChI=1S/C12H10F3NO2/c1-2-17-11-7-10(16-18-11)8-4-3-5-9(6-8)12(13,14)15/h3-7H,2H2,1H3. The minimum Gasteiger partial charge on any atom is -0.464 e. The van der Waals surface area contributed by atoms with E-state index in [1.165, 1.54) is 18.2 Å². The highest BCUT2D eigenvalue weighted by molar-refractivity contribution is 5.60. The maximum atomic E-state index is 12.5. The molecule has 0 aliphatic carbocycles. The van der Waals surface area contributed by atoms with Crippen molar-refractivity contribution in [2.24, 2.45) is 0 Å². The van der Waals surface area contributed by atoms with Crippen molar-refractivity contribution < 1.29 is 22.4 Å². The van der Waals surface area contributed by atoms with Gasteiger partial charge in [-0.05, 0) is 19.1 Å². The zero-order valence-corrected chi connectivity index (χ0v) is 9.49. The van der Waals surface area contributed by atoms with E-state index in [-0.39, 0.29) is 5.95 Å². The highest BCUT2D eigenvalue weighted by Crippen LogP contribution is 2.32. The number of ether oxygens (including phenoxy) is 1. The van der Waals surface area contributed by atoms with Gasteiger partial charge < -0.3 is 9.26 Å². The first-order valence-electron chi connectivity index (χ1n) is 5.28. The summed E-state index contributed by atoms with van der Waals surface area (Å²) in [5.41, 5.74) is -0.0787. The van der Waals surface area contributed by atoms with Gasteiger partial charge in [-0.2, -0.15) is 13.2 Å². The Kier molecular flexibility index (Phi) is 3.27. The summed E-state index contributed by atoms with van der Waals surface area (Å²) < 4.78 is 47.5. The van der Waals surface area contributed by atoms with Gasteiger partial charge in [-0.1, -0.05) is 17.3 Å². The van der Waals surface area contributed by atoms with Crippen LogP contribution in [0.1, 0.15) is 12.5 Å². The second-order valence-electron chi connectivity index (χ2n) is 3.54. The molecule has 0 unspecified atom stereocenters. The molecule has 0 amide bonds. The number of alkyl halides is 3. The molecule has 0 radical (unpaired) electrons. The van der Waals surface area contributed by atoms with Gasteiger partial charge in [-0.25, -0.2) is 0 Å². The summed E-state index contributed by atoms with van der Waals surface area (Å²) in [6, 6.07) is 6.34. The Hall–Kier alpha value is -1.98. The minimum absolute atomic E-state index is 0.185. The van der Waals surface area contributed by atoms with Crippen molar-refractivity contribution in [1.82, 2.24) is 5.16 Å². The van der Waals surface area contributed by atoms with Crippen molar-refractivity contribution in [2.75, 3.05) is 6.61 Å². The fourth-order valence-corrected chi connectivity index (χ4v) is 1.46. The quantitative estimate of drug-likeness (QED) is 0.839. The number of hydrogen-bond acceptors (Lipinski definition) is 3. The Bertz CT molecular complexity index is 534. The van der Waals surface area contributed by atoms with Crippen LogP contribution in [0.4, 0.5) is 13.2 Å². The van der Waals surface area contributed by atoms with E-state index in [1.807, 2.05) is 0 Å². The lowest BCUT2D eigenvalue weighted by molar-refractivity contribution is -0.137. The normalized spacial score (nSPS) is 11.6. The fraction of sp³-hybridized carbons (Fsp3) is 0.250. The summed E-state index contributed by atoms with van der Waals surface area (Å²) in [7, 11) is 0. The van der Waals surface area contributed by atoms with Crippen molar-refractivity contribution in [3.05, 3.63) is 35.9 Å². The Labute approximate surface area is 101 Å². The van der Waals surface area contributed by atoms with Crippen LogP contribution in [0.15, 0.2) is 34.9 Å². The van der Waals surface area contributed by atoms with E-state index in [4.69, 9.17) is 9.26 Å². The smallest absolute Gasteiger partial charge is 0.416 e. The molecule has 0 aliphatic heterocycles. The van der Waals surface area contributed by atoms with E-state index in [1.54, 1.807) is 6.92 Å². The molecule has 1 aromatic heterocycles. The fourth-order valence-electron chi connectivity index (χ4n) is 1.46.